The van der Waals surface area contributed by atoms with Gasteiger partial charge in [0.1, 0.15) is 22.9 Å². The van der Waals surface area contributed by atoms with Crippen molar-refractivity contribution >= 4 is 11.6 Å². The largest absolute Gasteiger partial charge is 0.506 e. The fourth-order valence-corrected chi connectivity index (χ4v) is 1.67. The summed E-state index contributed by atoms with van der Waals surface area (Å²) in [6.07, 6.45) is 0. The Morgan fingerprint density at radius 2 is 1.68 bits per heavy atom. The van der Waals surface area contributed by atoms with Gasteiger partial charge in [0.15, 0.2) is 0 Å². The van der Waals surface area contributed by atoms with Gasteiger partial charge in [-0.15, -0.1) is 0 Å². The van der Waals surface area contributed by atoms with Crippen LogP contribution in [0.4, 0.5) is 5.69 Å². The number of aromatic hydroxyl groups is 2. The number of rotatable bonds is 3. The molecule has 0 saturated heterocycles. The van der Waals surface area contributed by atoms with Gasteiger partial charge in [0.25, 0.3) is 5.91 Å². The number of nitrogens with one attached hydrogen (secondary N) is 1. The third-order valence-corrected chi connectivity index (χ3v) is 2.61. The Bertz CT molecular complexity index is 590. The highest BCUT2D eigenvalue weighted by Gasteiger charge is 2.15. The highest BCUT2D eigenvalue weighted by atomic mass is 16.5. The maximum Gasteiger partial charge on any atom is 0.259 e. The van der Waals surface area contributed by atoms with Crippen LogP contribution < -0.4 is 10.1 Å². The summed E-state index contributed by atoms with van der Waals surface area (Å²) >= 11 is 0. The van der Waals surface area contributed by atoms with Crippen molar-refractivity contribution in [2.45, 2.75) is 0 Å². The SMILES string of the molecule is COc1ccccc1C(=O)Nc1c(O)cccc1O. The molecular weight excluding hydrogens is 246 g/mol. The first kappa shape index (κ1) is 12.8. The van der Waals surface area contributed by atoms with Crippen molar-refractivity contribution < 1.29 is 19.7 Å². The number of anilines is 1. The Kier molecular flexibility index (Phi) is 3.56. The molecule has 19 heavy (non-hydrogen) atoms. The number of amides is 1. The number of hydrogen-bond donors (Lipinski definition) is 3. The van der Waals surface area contributed by atoms with E-state index in [1.807, 2.05) is 0 Å². The highest BCUT2D eigenvalue weighted by molar-refractivity contribution is 6.07. The van der Waals surface area contributed by atoms with E-state index in [0.717, 1.165) is 0 Å². The molecule has 2 aromatic carbocycles. The average Bonchev–Trinajstić information content (AvgIpc) is 2.42. The third-order valence-electron chi connectivity index (χ3n) is 2.61. The van der Waals surface area contributed by atoms with Crippen molar-refractivity contribution in [3.05, 3.63) is 48.0 Å². The van der Waals surface area contributed by atoms with Crippen LogP contribution in [0.15, 0.2) is 42.5 Å². The van der Waals surface area contributed by atoms with Crippen LogP contribution in [-0.2, 0) is 0 Å². The van der Waals surface area contributed by atoms with Gasteiger partial charge in [-0.3, -0.25) is 4.79 Å². The second-order valence-electron chi connectivity index (χ2n) is 3.83. The van der Waals surface area contributed by atoms with Crippen LogP contribution in [0.25, 0.3) is 0 Å². The monoisotopic (exact) mass is 259 g/mol. The summed E-state index contributed by atoms with van der Waals surface area (Å²) in [5, 5.41) is 21.7. The Balaban J connectivity index is 2.31. The van der Waals surface area contributed by atoms with Gasteiger partial charge in [-0.1, -0.05) is 18.2 Å². The molecular formula is C14H13NO4. The zero-order valence-electron chi connectivity index (χ0n) is 10.3. The zero-order valence-corrected chi connectivity index (χ0v) is 10.3. The van der Waals surface area contributed by atoms with Crippen molar-refractivity contribution in [1.82, 2.24) is 0 Å². The molecule has 5 heteroatoms. The minimum atomic E-state index is -0.478. The molecule has 0 aliphatic carbocycles. The van der Waals surface area contributed by atoms with E-state index < -0.39 is 5.91 Å². The lowest BCUT2D eigenvalue weighted by Gasteiger charge is -2.11. The van der Waals surface area contributed by atoms with E-state index in [2.05, 4.69) is 5.32 Å². The van der Waals surface area contributed by atoms with Crippen LogP contribution >= 0.6 is 0 Å². The molecule has 1 amide bonds. The van der Waals surface area contributed by atoms with Crippen LogP contribution in [0.5, 0.6) is 17.2 Å². The predicted molar refractivity (Wildman–Crippen MR) is 70.7 cm³/mol. The summed E-state index contributed by atoms with van der Waals surface area (Å²) in [5.74, 6) is -0.476. The number of ether oxygens (including phenoxy) is 1. The first-order chi connectivity index (χ1) is 9.13. The summed E-state index contributed by atoms with van der Waals surface area (Å²) in [6.45, 7) is 0. The normalized spacial score (nSPS) is 9.95. The molecule has 2 aromatic rings. The minimum absolute atomic E-state index is 0.0293. The van der Waals surface area contributed by atoms with E-state index >= 15 is 0 Å². The van der Waals surface area contributed by atoms with Crippen LogP contribution in [-0.4, -0.2) is 23.2 Å². The molecule has 0 unspecified atom stereocenters. The lowest BCUT2D eigenvalue weighted by atomic mass is 10.1. The van der Waals surface area contributed by atoms with E-state index in [9.17, 15) is 15.0 Å². The van der Waals surface area contributed by atoms with Crippen LogP contribution in [0, 0.1) is 0 Å². The fraction of sp³-hybridized carbons (Fsp3) is 0.0714. The molecule has 0 bridgehead atoms. The molecule has 3 N–H and O–H groups in total. The van der Waals surface area contributed by atoms with Gasteiger partial charge in [-0.2, -0.15) is 0 Å². The highest BCUT2D eigenvalue weighted by Crippen LogP contribution is 2.33. The Morgan fingerprint density at radius 3 is 2.32 bits per heavy atom. The average molecular weight is 259 g/mol. The van der Waals surface area contributed by atoms with Crippen LogP contribution in [0.3, 0.4) is 0 Å². The quantitative estimate of drug-likeness (QED) is 0.739. The molecule has 0 saturated carbocycles. The summed E-state index contributed by atoms with van der Waals surface area (Å²) in [4.78, 5) is 12.1. The van der Waals surface area contributed by atoms with E-state index in [1.54, 1.807) is 24.3 Å². The van der Waals surface area contributed by atoms with Crippen molar-refractivity contribution in [3.8, 4) is 17.2 Å². The first-order valence-corrected chi connectivity index (χ1v) is 5.59. The first-order valence-electron chi connectivity index (χ1n) is 5.59. The zero-order chi connectivity index (χ0) is 13.8. The molecule has 0 fully saturated rings. The van der Waals surface area contributed by atoms with Crippen molar-refractivity contribution in [3.63, 3.8) is 0 Å². The van der Waals surface area contributed by atoms with Gasteiger partial charge < -0.3 is 20.3 Å². The number of benzene rings is 2. The van der Waals surface area contributed by atoms with Gasteiger partial charge in [-0.25, -0.2) is 0 Å². The lowest BCUT2D eigenvalue weighted by Crippen LogP contribution is -2.13. The second-order valence-corrected chi connectivity index (χ2v) is 3.83. The smallest absolute Gasteiger partial charge is 0.259 e. The van der Waals surface area contributed by atoms with Crippen LogP contribution in [0.1, 0.15) is 10.4 Å². The van der Waals surface area contributed by atoms with E-state index in [-0.39, 0.29) is 17.2 Å². The van der Waals surface area contributed by atoms with Crippen LogP contribution in [0.2, 0.25) is 0 Å². The summed E-state index contributed by atoms with van der Waals surface area (Å²) in [7, 11) is 1.46. The van der Waals surface area contributed by atoms with E-state index in [1.165, 1.54) is 25.3 Å². The molecule has 0 aliphatic rings. The summed E-state index contributed by atoms with van der Waals surface area (Å²) in [6, 6.07) is 10.9. The molecule has 2 rings (SSSR count). The van der Waals surface area contributed by atoms with Crippen molar-refractivity contribution in [2.24, 2.45) is 0 Å². The van der Waals surface area contributed by atoms with E-state index in [4.69, 9.17) is 4.74 Å². The van der Waals surface area contributed by atoms with Crippen molar-refractivity contribution in [1.29, 1.82) is 0 Å². The van der Waals surface area contributed by atoms with Gasteiger partial charge in [-0.05, 0) is 24.3 Å². The van der Waals surface area contributed by atoms with Gasteiger partial charge in [0.05, 0.1) is 12.7 Å². The van der Waals surface area contributed by atoms with E-state index in [0.29, 0.717) is 11.3 Å². The topological polar surface area (TPSA) is 78.8 Å². The molecule has 0 atom stereocenters. The molecule has 0 aliphatic heterocycles. The minimum Gasteiger partial charge on any atom is -0.506 e. The Labute approximate surface area is 110 Å². The number of carbonyl (C=O) groups excluding carboxylic acids is 1. The number of methoxy groups -OCH3 is 1. The standard InChI is InChI=1S/C14H13NO4/c1-19-12-8-3-2-5-9(12)14(18)15-13-10(16)6-4-7-11(13)17/h2-8,16-17H,1H3,(H,15,18). The number of hydrogen-bond acceptors (Lipinski definition) is 4. The summed E-state index contributed by atoms with van der Waals surface area (Å²) < 4.78 is 5.08. The lowest BCUT2D eigenvalue weighted by molar-refractivity contribution is 0.102. The molecule has 98 valence electrons. The number of phenols is 2. The van der Waals surface area contributed by atoms with Crippen molar-refractivity contribution in [2.75, 3.05) is 12.4 Å². The molecule has 5 nitrogen and oxygen atoms in total. The predicted octanol–water partition coefficient (Wildman–Crippen LogP) is 2.36. The number of carbonyl (C=O) groups is 1. The van der Waals surface area contributed by atoms with Gasteiger partial charge >= 0.3 is 0 Å². The van der Waals surface area contributed by atoms with Gasteiger partial charge in [0, 0.05) is 0 Å². The molecule has 0 aromatic heterocycles. The molecule has 0 radical (unpaired) electrons. The Morgan fingerprint density at radius 1 is 1.05 bits per heavy atom. The maximum atomic E-state index is 12.1. The number of phenolic OH excluding ortho intramolecular Hbond substituents is 2. The molecule has 0 spiro atoms. The second kappa shape index (κ2) is 5.30. The summed E-state index contributed by atoms with van der Waals surface area (Å²) in [5.41, 5.74) is 0.283. The molecule has 0 heterocycles. The fourth-order valence-electron chi connectivity index (χ4n) is 1.67. The van der Waals surface area contributed by atoms with Gasteiger partial charge in [0.2, 0.25) is 0 Å². The number of para-hydroxylation sites is 2. The Hall–Kier alpha value is -2.69. The third kappa shape index (κ3) is 2.60. The maximum absolute atomic E-state index is 12.1.